The molecule has 2 aromatic heterocycles. The first-order valence-corrected chi connectivity index (χ1v) is 13.3. The van der Waals surface area contributed by atoms with Crippen LogP contribution < -0.4 is 10.6 Å². The van der Waals surface area contributed by atoms with Crippen molar-refractivity contribution in [2.75, 3.05) is 30.7 Å². The maximum absolute atomic E-state index is 12.8. The highest BCUT2D eigenvalue weighted by atomic mass is 32.2. The highest BCUT2D eigenvalue weighted by Gasteiger charge is 2.24. The van der Waals surface area contributed by atoms with E-state index in [4.69, 9.17) is 0 Å². The van der Waals surface area contributed by atoms with Crippen LogP contribution in [0.5, 0.6) is 0 Å². The molecule has 8 heteroatoms. The summed E-state index contributed by atoms with van der Waals surface area (Å²) < 4.78 is 0. The summed E-state index contributed by atoms with van der Waals surface area (Å²) in [4.78, 5) is 36.8. The van der Waals surface area contributed by atoms with Crippen LogP contribution >= 0.6 is 11.8 Å². The summed E-state index contributed by atoms with van der Waals surface area (Å²) in [5.74, 6) is 0.997. The maximum atomic E-state index is 12.8. The van der Waals surface area contributed by atoms with Gasteiger partial charge >= 0.3 is 0 Å². The smallest absolute Gasteiger partial charge is 0.270 e. The number of hydrogen-bond donors (Lipinski definition) is 2. The number of rotatable bonds is 6. The Hall–Kier alpha value is -2.97. The Morgan fingerprint density at radius 3 is 2.89 bits per heavy atom. The molecule has 35 heavy (non-hydrogen) atoms. The molecule has 7 nitrogen and oxygen atoms in total. The molecule has 1 fully saturated rings. The van der Waals surface area contributed by atoms with Gasteiger partial charge in [0.15, 0.2) is 0 Å². The molecular weight excluding hydrogens is 458 g/mol. The lowest BCUT2D eigenvalue weighted by Crippen LogP contribution is -2.45. The highest BCUT2D eigenvalue weighted by Crippen LogP contribution is 2.30. The molecule has 1 atom stereocenters. The minimum absolute atomic E-state index is 0.0836. The lowest BCUT2D eigenvalue weighted by molar-refractivity contribution is -0.113. The summed E-state index contributed by atoms with van der Waals surface area (Å²) in [6, 6.07) is 12.4. The molecule has 0 radical (unpaired) electrons. The minimum atomic E-state index is -0.181. The number of amides is 2. The number of piperidine rings is 1. The number of anilines is 1. The molecule has 4 heterocycles. The van der Waals surface area contributed by atoms with Gasteiger partial charge in [-0.2, -0.15) is 0 Å². The van der Waals surface area contributed by atoms with Crippen molar-refractivity contribution in [2.45, 2.75) is 50.0 Å². The van der Waals surface area contributed by atoms with Crippen LogP contribution in [0, 0.1) is 0 Å². The number of likely N-dealkylation sites (tertiary alicyclic amines) is 1. The zero-order chi connectivity index (χ0) is 24.4. The number of nitrogens with one attached hydrogen (secondary N) is 2. The van der Waals surface area contributed by atoms with E-state index in [1.807, 2.05) is 12.3 Å². The van der Waals surface area contributed by atoms with Gasteiger partial charge in [-0.1, -0.05) is 26.0 Å². The summed E-state index contributed by atoms with van der Waals surface area (Å²) >= 11 is 1.44. The van der Waals surface area contributed by atoms with Gasteiger partial charge in [-0.05, 0) is 60.6 Å². The van der Waals surface area contributed by atoms with Crippen LogP contribution in [0.25, 0.3) is 10.9 Å². The van der Waals surface area contributed by atoms with E-state index >= 15 is 0 Å². The van der Waals surface area contributed by atoms with Crippen LogP contribution in [0.15, 0.2) is 47.5 Å². The minimum Gasteiger partial charge on any atom is -0.348 e. The van der Waals surface area contributed by atoms with Gasteiger partial charge in [0.2, 0.25) is 5.91 Å². The molecule has 1 aromatic carbocycles. The van der Waals surface area contributed by atoms with Gasteiger partial charge in [-0.3, -0.25) is 14.6 Å². The number of fused-ring (bicyclic) bond motifs is 2. The van der Waals surface area contributed by atoms with E-state index in [2.05, 4.69) is 63.6 Å². The third-order valence-corrected chi connectivity index (χ3v) is 7.96. The summed E-state index contributed by atoms with van der Waals surface area (Å²) in [5, 5.41) is 7.15. The average Bonchev–Trinajstić information content (AvgIpc) is 2.88. The first-order valence-electron chi connectivity index (χ1n) is 12.3. The zero-order valence-electron chi connectivity index (χ0n) is 20.2. The van der Waals surface area contributed by atoms with Gasteiger partial charge in [0.25, 0.3) is 5.91 Å². The maximum Gasteiger partial charge on any atom is 0.270 e. The van der Waals surface area contributed by atoms with Crippen LogP contribution in [-0.4, -0.2) is 58.1 Å². The Kier molecular flexibility index (Phi) is 7.02. The first-order chi connectivity index (χ1) is 17.0. The van der Waals surface area contributed by atoms with Crippen molar-refractivity contribution in [3.63, 3.8) is 0 Å². The van der Waals surface area contributed by atoms with Crippen molar-refractivity contribution in [1.82, 2.24) is 20.2 Å². The standard InChI is InChI=1S/C27H31N5O2S/c1-3-18-13-21-20(5-4-6-22(21)28-14-18)17(2)15-32-11-9-19(10-12-32)29-27(34)23-7-8-24-26(30-23)31-25(33)16-35-24/h4-8,13-14,17,19H,3,9-12,15-16H2,1-2H3,(H,29,34)(H,30,31,33). The molecule has 5 rings (SSSR count). The molecule has 0 bridgehead atoms. The molecule has 3 aromatic rings. The number of benzene rings is 1. The summed E-state index contributed by atoms with van der Waals surface area (Å²) in [7, 11) is 0. The van der Waals surface area contributed by atoms with E-state index < -0.39 is 0 Å². The van der Waals surface area contributed by atoms with Gasteiger partial charge in [-0.25, -0.2) is 4.98 Å². The Morgan fingerprint density at radius 2 is 2.09 bits per heavy atom. The number of nitrogens with zero attached hydrogens (tertiary/aromatic N) is 3. The van der Waals surface area contributed by atoms with Crippen LogP contribution in [-0.2, 0) is 11.2 Å². The van der Waals surface area contributed by atoms with E-state index in [0.29, 0.717) is 23.2 Å². The van der Waals surface area contributed by atoms with E-state index in [1.54, 1.807) is 6.07 Å². The monoisotopic (exact) mass is 489 g/mol. The Morgan fingerprint density at radius 1 is 1.26 bits per heavy atom. The Bertz CT molecular complexity index is 1260. The predicted octanol–water partition coefficient (Wildman–Crippen LogP) is 4.23. The first kappa shape index (κ1) is 23.8. The summed E-state index contributed by atoms with van der Waals surface area (Å²) in [5.41, 5.74) is 4.02. The number of pyridine rings is 2. The average molecular weight is 490 g/mol. The summed E-state index contributed by atoms with van der Waals surface area (Å²) in [6.45, 7) is 7.34. The van der Waals surface area contributed by atoms with E-state index in [-0.39, 0.29) is 17.9 Å². The third-order valence-electron chi connectivity index (χ3n) is 6.92. The molecule has 2 aliphatic heterocycles. The van der Waals surface area contributed by atoms with Gasteiger partial charge in [-0.15, -0.1) is 11.8 Å². The topological polar surface area (TPSA) is 87.2 Å². The fraction of sp³-hybridized carbons (Fsp3) is 0.407. The zero-order valence-corrected chi connectivity index (χ0v) is 21.0. The van der Waals surface area contributed by atoms with Gasteiger partial charge < -0.3 is 15.5 Å². The third kappa shape index (κ3) is 5.33. The van der Waals surface area contributed by atoms with Crippen molar-refractivity contribution in [3.05, 3.63) is 59.4 Å². The number of hydrogen-bond acceptors (Lipinski definition) is 6. The Balaban J connectivity index is 1.17. The lowest BCUT2D eigenvalue weighted by Gasteiger charge is -2.34. The second-order valence-electron chi connectivity index (χ2n) is 9.44. The summed E-state index contributed by atoms with van der Waals surface area (Å²) in [6.07, 6.45) is 4.78. The largest absolute Gasteiger partial charge is 0.348 e. The second kappa shape index (κ2) is 10.3. The molecule has 1 saturated heterocycles. The molecule has 2 aliphatic rings. The number of carbonyl (C=O) groups excluding carboxylic acids is 2. The van der Waals surface area contributed by atoms with Crippen molar-refractivity contribution >= 4 is 40.3 Å². The molecule has 0 aliphatic carbocycles. The van der Waals surface area contributed by atoms with E-state index in [1.165, 1.54) is 28.3 Å². The molecular formula is C27H31N5O2S. The number of aromatic nitrogens is 2. The SMILES string of the molecule is CCc1cnc2cccc(C(C)CN3CCC(NC(=O)c4ccc5c(n4)NC(=O)CS5)CC3)c2c1. The molecule has 2 N–H and O–H groups in total. The molecule has 0 saturated carbocycles. The highest BCUT2D eigenvalue weighted by molar-refractivity contribution is 8.00. The molecule has 2 amide bonds. The normalized spacial score (nSPS) is 17.6. The quantitative estimate of drug-likeness (QED) is 0.539. The molecule has 182 valence electrons. The number of carbonyl (C=O) groups is 2. The fourth-order valence-electron chi connectivity index (χ4n) is 4.93. The predicted molar refractivity (Wildman–Crippen MR) is 140 cm³/mol. The van der Waals surface area contributed by atoms with Gasteiger partial charge in [0, 0.05) is 37.3 Å². The second-order valence-corrected chi connectivity index (χ2v) is 10.5. The van der Waals surface area contributed by atoms with Crippen LogP contribution in [0.2, 0.25) is 0 Å². The van der Waals surface area contributed by atoms with E-state index in [0.717, 1.165) is 49.3 Å². The number of thioether (sulfide) groups is 1. The van der Waals surface area contributed by atoms with Crippen molar-refractivity contribution < 1.29 is 9.59 Å². The van der Waals surface area contributed by atoms with Crippen LogP contribution in [0.1, 0.15) is 54.2 Å². The fourth-order valence-corrected chi connectivity index (χ4v) is 5.69. The van der Waals surface area contributed by atoms with Crippen LogP contribution in [0.4, 0.5) is 5.82 Å². The number of aryl methyl sites for hydroxylation is 1. The van der Waals surface area contributed by atoms with E-state index in [9.17, 15) is 9.59 Å². The van der Waals surface area contributed by atoms with Gasteiger partial charge in [0.05, 0.1) is 16.2 Å². The van der Waals surface area contributed by atoms with Crippen molar-refractivity contribution in [3.8, 4) is 0 Å². The van der Waals surface area contributed by atoms with Crippen molar-refractivity contribution in [1.29, 1.82) is 0 Å². The Labute approximate surface area is 210 Å². The molecule has 0 spiro atoms. The van der Waals surface area contributed by atoms with Gasteiger partial charge in [0.1, 0.15) is 11.5 Å². The van der Waals surface area contributed by atoms with Crippen LogP contribution in [0.3, 0.4) is 0 Å². The van der Waals surface area contributed by atoms with Crippen molar-refractivity contribution in [2.24, 2.45) is 0 Å². The molecule has 1 unspecified atom stereocenters. The lowest BCUT2D eigenvalue weighted by atomic mass is 9.94.